The number of fused-ring (bicyclic) bond motifs is 1. The van der Waals surface area contributed by atoms with E-state index in [9.17, 15) is 19.7 Å². The highest BCUT2D eigenvalue weighted by atomic mass is 79.9. The Hall–Kier alpha value is -3.31. The van der Waals surface area contributed by atoms with Gasteiger partial charge in [0.1, 0.15) is 5.82 Å². The number of nitrogens with zero attached hydrogens (tertiary/aromatic N) is 4. The molecule has 12 heteroatoms. The van der Waals surface area contributed by atoms with E-state index in [1.807, 2.05) is 6.92 Å². The molecule has 2 aromatic carbocycles. The number of aromatic nitrogens is 2. The number of methoxy groups -OCH3 is 1. The number of rotatable bonds is 7. The molecule has 10 nitrogen and oxygen atoms in total. The fourth-order valence-corrected chi connectivity index (χ4v) is 3.60. The normalized spacial score (nSPS) is 12.2. The maximum absolute atomic E-state index is 13.1. The number of halogens is 2. The Morgan fingerprint density at radius 1 is 1.39 bits per heavy atom. The van der Waals surface area contributed by atoms with Gasteiger partial charge in [-0.2, -0.15) is 9.78 Å². The molecule has 0 spiro atoms. The molecular formula is C21H18BrClN4O6. The topological polar surface area (TPSA) is 126 Å². The Bertz CT molecular complexity index is 1340. The van der Waals surface area contributed by atoms with Crippen molar-refractivity contribution in [1.29, 1.82) is 0 Å². The van der Waals surface area contributed by atoms with Gasteiger partial charge in [-0.1, -0.05) is 34.5 Å². The van der Waals surface area contributed by atoms with Crippen LogP contribution >= 0.6 is 27.5 Å². The number of esters is 1. The predicted molar refractivity (Wildman–Crippen MR) is 126 cm³/mol. The number of nitro groups is 1. The minimum atomic E-state index is -1.14. The van der Waals surface area contributed by atoms with Crippen LogP contribution in [0.3, 0.4) is 0 Å². The molecule has 33 heavy (non-hydrogen) atoms. The lowest BCUT2D eigenvalue weighted by Crippen LogP contribution is -2.26. The van der Waals surface area contributed by atoms with Gasteiger partial charge in [0.2, 0.25) is 5.75 Å². The van der Waals surface area contributed by atoms with Crippen molar-refractivity contribution < 1.29 is 19.2 Å². The Kier molecular flexibility index (Phi) is 7.44. The third-order valence-electron chi connectivity index (χ3n) is 4.59. The van der Waals surface area contributed by atoms with E-state index in [0.717, 1.165) is 10.7 Å². The van der Waals surface area contributed by atoms with E-state index in [2.05, 4.69) is 30.8 Å². The largest absolute Gasteiger partial charge is 0.471 e. The molecule has 0 saturated carbocycles. The number of carbonyl (C=O) groups excluding carboxylic acids is 1. The van der Waals surface area contributed by atoms with Crippen LogP contribution < -0.4 is 10.3 Å². The van der Waals surface area contributed by atoms with Crippen molar-refractivity contribution in [3.05, 3.63) is 71.7 Å². The molecule has 0 fully saturated rings. The zero-order valence-electron chi connectivity index (χ0n) is 17.7. The van der Waals surface area contributed by atoms with Crippen LogP contribution in [0.15, 0.2) is 44.7 Å². The molecule has 0 aliphatic carbocycles. The molecule has 0 unspecified atom stereocenters. The SMILES string of the molecule is CCc1nc2ccc(Br)cc2c(=O)n1N=Cc1cc(Cl)cc([N+](=O)[O-])c1O[C@H](C)C(=O)OC. The van der Waals surface area contributed by atoms with Gasteiger partial charge in [0, 0.05) is 27.5 Å². The molecule has 0 bridgehead atoms. The van der Waals surface area contributed by atoms with Crippen LogP contribution in [0, 0.1) is 10.1 Å². The Morgan fingerprint density at radius 3 is 2.76 bits per heavy atom. The number of ether oxygens (including phenoxy) is 2. The van der Waals surface area contributed by atoms with Crippen molar-refractivity contribution in [3.63, 3.8) is 0 Å². The van der Waals surface area contributed by atoms with Gasteiger partial charge in [-0.25, -0.2) is 9.78 Å². The van der Waals surface area contributed by atoms with Gasteiger partial charge in [0.15, 0.2) is 6.10 Å². The molecule has 0 aliphatic rings. The number of nitro benzene ring substituents is 1. The van der Waals surface area contributed by atoms with Crippen LogP contribution in [0.4, 0.5) is 5.69 Å². The number of hydrogen-bond donors (Lipinski definition) is 0. The van der Waals surface area contributed by atoms with E-state index in [0.29, 0.717) is 27.6 Å². The molecule has 1 heterocycles. The minimum absolute atomic E-state index is 0.0462. The van der Waals surface area contributed by atoms with Crippen LogP contribution in [0.5, 0.6) is 5.75 Å². The molecule has 1 atom stereocenters. The first-order valence-corrected chi connectivity index (χ1v) is 10.8. The molecule has 0 aliphatic heterocycles. The van der Waals surface area contributed by atoms with Gasteiger partial charge in [0.25, 0.3) is 5.56 Å². The van der Waals surface area contributed by atoms with Gasteiger partial charge in [-0.15, -0.1) is 0 Å². The van der Waals surface area contributed by atoms with Gasteiger partial charge in [0.05, 0.1) is 29.2 Å². The maximum Gasteiger partial charge on any atom is 0.346 e. The van der Waals surface area contributed by atoms with Crippen molar-refractivity contribution in [1.82, 2.24) is 9.66 Å². The first kappa shape index (κ1) is 24.3. The summed E-state index contributed by atoms with van der Waals surface area (Å²) < 4.78 is 12.0. The predicted octanol–water partition coefficient (Wildman–Crippen LogP) is 4.11. The summed E-state index contributed by atoms with van der Waals surface area (Å²) in [5.74, 6) is -0.586. The summed E-state index contributed by atoms with van der Waals surface area (Å²) in [6.45, 7) is 3.20. The first-order valence-electron chi connectivity index (χ1n) is 9.64. The second-order valence-electron chi connectivity index (χ2n) is 6.79. The van der Waals surface area contributed by atoms with E-state index in [1.54, 1.807) is 18.2 Å². The molecule has 0 N–H and O–H groups in total. The number of aryl methyl sites for hydroxylation is 1. The highest BCUT2D eigenvalue weighted by Gasteiger charge is 2.25. The lowest BCUT2D eigenvalue weighted by Gasteiger charge is -2.15. The molecule has 3 aromatic rings. The Labute approximate surface area is 201 Å². The highest BCUT2D eigenvalue weighted by molar-refractivity contribution is 9.10. The molecule has 172 valence electrons. The zero-order valence-corrected chi connectivity index (χ0v) is 20.1. The molecule has 3 rings (SSSR count). The van der Waals surface area contributed by atoms with Crippen molar-refractivity contribution in [2.75, 3.05) is 7.11 Å². The first-order chi connectivity index (χ1) is 15.7. The highest BCUT2D eigenvalue weighted by Crippen LogP contribution is 2.34. The molecule has 0 saturated heterocycles. The van der Waals surface area contributed by atoms with E-state index in [-0.39, 0.29) is 16.3 Å². The second-order valence-corrected chi connectivity index (χ2v) is 8.14. The lowest BCUT2D eigenvalue weighted by atomic mass is 10.2. The van der Waals surface area contributed by atoms with Crippen molar-refractivity contribution in [3.8, 4) is 5.75 Å². The molecule has 1 aromatic heterocycles. The van der Waals surface area contributed by atoms with Crippen LogP contribution in [0.1, 0.15) is 25.2 Å². The van der Waals surface area contributed by atoms with Crippen LogP contribution in [0.25, 0.3) is 10.9 Å². The maximum atomic E-state index is 13.1. The summed E-state index contributed by atoms with van der Waals surface area (Å²) in [6, 6.07) is 7.59. The van der Waals surface area contributed by atoms with Gasteiger partial charge >= 0.3 is 11.7 Å². The molecular weight excluding hydrogens is 520 g/mol. The van der Waals surface area contributed by atoms with E-state index >= 15 is 0 Å². The van der Waals surface area contributed by atoms with Crippen LogP contribution in [0.2, 0.25) is 5.02 Å². The summed E-state index contributed by atoms with van der Waals surface area (Å²) >= 11 is 9.39. The van der Waals surface area contributed by atoms with Crippen LogP contribution in [-0.2, 0) is 16.0 Å². The molecule has 0 radical (unpaired) electrons. The zero-order chi connectivity index (χ0) is 24.3. The summed E-state index contributed by atoms with van der Waals surface area (Å²) in [5, 5.41) is 16.2. The molecule has 0 amide bonds. The number of carbonyl (C=O) groups is 1. The summed E-state index contributed by atoms with van der Waals surface area (Å²) in [5.41, 5.74) is -0.284. The van der Waals surface area contributed by atoms with Crippen molar-refractivity contribution in [2.24, 2.45) is 5.10 Å². The summed E-state index contributed by atoms with van der Waals surface area (Å²) in [4.78, 5) is 40.3. The van der Waals surface area contributed by atoms with Crippen LogP contribution in [-0.4, -0.2) is 40.0 Å². The quantitative estimate of drug-likeness (QED) is 0.192. The third kappa shape index (κ3) is 5.20. The number of hydrogen-bond acceptors (Lipinski definition) is 8. The third-order valence-corrected chi connectivity index (χ3v) is 5.30. The average molecular weight is 538 g/mol. The summed E-state index contributed by atoms with van der Waals surface area (Å²) in [6.07, 6.45) is 0.456. The van der Waals surface area contributed by atoms with Crippen molar-refractivity contribution >= 4 is 56.3 Å². The Balaban J connectivity index is 2.18. The van der Waals surface area contributed by atoms with Crippen molar-refractivity contribution in [2.45, 2.75) is 26.4 Å². The fourth-order valence-electron chi connectivity index (χ4n) is 3.01. The number of benzene rings is 2. The Morgan fingerprint density at radius 2 is 2.12 bits per heavy atom. The van der Waals surface area contributed by atoms with Gasteiger partial charge in [-0.05, 0) is 31.2 Å². The van der Waals surface area contributed by atoms with E-state index in [4.69, 9.17) is 16.3 Å². The summed E-state index contributed by atoms with van der Waals surface area (Å²) in [7, 11) is 1.17. The monoisotopic (exact) mass is 536 g/mol. The smallest absolute Gasteiger partial charge is 0.346 e. The van der Waals surface area contributed by atoms with Gasteiger partial charge in [-0.3, -0.25) is 14.9 Å². The fraction of sp³-hybridized carbons (Fsp3) is 0.238. The standard InChI is InChI=1S/C21H18BrClN4O6/c1-4-18-25-16-6-5-13(22)8-15(16)20(28)26(18)24-10-12-7-14(23)9-17(27(30)31)19(12)33-11(2)21(29)32-3/h5-11H,4H2,1-3H3/t11-/m1/s1. The second kappa shape index (κ2) is 10.1. The van der Waals surface area contributed by atoms with E-state index < -0.39 is 28.2 Å². The van der Waals surface area contributed by atoms with Gasteiger partial charge < -0.3 is 9.47 Å². The minimum Gasteiger partial charge on any atom is -0.471 e. The average Bonchev–Trinajstić information content (AvgIpc) is 2.78. The lowest BCUT2D eigenvalue weighted by molar-refractivity contribution is -0.386. The van der Waals surface area contributed by atoms with E-state index in [1.165, 1.54) is 26.3 Å².